The highest BCUT2D eigenvalue weighted by molar-refractivity contribution is 5.66. The van der Waals surface area contributed by atoms with Crippen molar-refractivity contribution in [2.45, 2.75) is 6.92 Å². The quantitative estimate of drug-likeness (QED) is 0.491. The second-order valence-electron chi connectivity index (χ2n) is 1.75. The van der Waals surface area contributed by atoms with E-state index in [1.165, 1.54) is 12.0 Å². The topological polar surface area (TPSA) is 41.9 Å². The summed E-state index contributed by atoms with van der Waals surface area (Å²) in [6, 6.07) is 0. The zero-order chi connectivity index (χ0) is 6.69. The maximum Gasteiger partial charge on any atom is 0.322 e. The normalized spacial score (nSPS) is 18.3. The molecule has 50 valence electrons. The van der Waals surface area contributed by atoms with Gasteiger partial charge in [-0.3, -0.25) is 9.79 Å². The minimum absolute atomic E-state index is 0.291. The molecule has 0 fully saturated rings. The Balaban J connectivity index is 2.22. The van der Waals surface area contributed by atoms with Crippen LogP contribution >= 0.6 is 0 Å². The van der Waals surface area contributed by atoms with E-state index in [4.69, 9.17) is 0 Å². The van der Waals surface area contributed by atoms with Crippen LogP contribution < -0.4 is 0 Å². The Labute approximate surface area is 53.1 Å². The first-order valence-corrected chi connectivity index (χ1v) is 2.71. The minimum Gasteiger partial charge on any atom is -0.366 e. The first kappa shape index (κ1) is 6.22. The van der Waals surface area contributed by atoms with Crippen molar-refractivity contribution in [3.8, 4) is 0 Å². The number of hydrogen-bond donors (Lipinski definition) is 0. The highest BCUT2D eigenvalue weighted by Gasteiger charge is 2.08. The monoisotopic (exact) mass is 128 g/mol. The molecule has 0 aliphatic carbocycles. The van der Waals surface area contributed by atoms with E-state index in [1.807, 2.05) is 0 Å². The lowest BCUT2D eigenvalue weighted by Crippen LogP contribution is -2.23. The molecule has 0 N–H and O–H groups in total. The second-order valence-corrected chi connectivity index (χ2v) is 1.75. The number of aliphatic imine (C=N–C) groups is 1. The van der Waals surface area contributed by atoms with Crippen LogP contribution in [0.15, 0.2) is 4.99 Å². The van der Waals surface area contributed by atoms with Gasteiger partial charge in [-0.2, -0.15) is 0 Å². The number of nitrogens with zero attached hydrogens (tertiary/aromatic N) is 2. The molecular formula is C5H8N2O2. The third-order valence-corrected chi connectivity index (χ3v) is 0.911. The SMILES string of the molecule is CC(=O)ON1CC=NC1. The molecule has 4 nitrogen and oxygen atoms in total. The van der Waals surface area contributed by atoms with Crippen molar-refractivity contribution < 1.29 is 9.63 Å². The predicted molar refractivity (Wildman–Crippen MR) is 31.8 cm³/mol. The molecule has 1 aliphatic rings. The van der Waals surface area contributed by atoms with Crippen molar-refractivity contribution in [1.82, 2.24) is 5.06 Å². The van der Waals surface area contributed by atoms with E-state index in [2.05, 4.69) is 9.83 Å². The summed E-state index contributed by atoms with van der Waals surface area (Å²) in [7, 11) is 0. The summed E-state index contributed by atoms with van der Waals surface area (Å²) >= 11 is 0. The fourth-order valence-corrected chi connectivity index (χ4v) is 0.603. The van der Waals surface area contributed by atoms with Gasteiger partial charge in [0, 0.05) is 13.1 Å². The van der Waals surface area contributed by atoms with E-state index >= 15 is 0 Å². The van der Waals surface area contributed by atoms with Crippen molar-refractivity contribution in [2.75, 3.05) is 13.2 Å². The highest BCUT2D eigenvalue weighted by atomic mass is 16.7. The molecule has 9 heavy (non-hydrogen) atoms. The predicted octanol–water partition coefficient (Wildman–Crippen LogP) is -0.192. The van der Waals surface area contributed by atoms with Gasteiger partial charge >= 0.3 is 5.97 Å². The Bertz CT molecular complexity index is 136. The van der Waals surface area contributed by atoms with Crippen molar-refractivity contribution in [3.05, 3.63) is 0 Å². The van der Waals surface area contributed by atoms with Crippen LogP contribution in [0.1, 0.15) is 6.92 Å². The molecule has 0 amide bonds. The van der Waals surface area contributed by atoms with Crippen LogP contribution in [0.2, 0.25) is 0 Å². The maximum absolute atomic E-state index is 10.3. The van der Waals surface area contributed by atoms with Crippen molar-refractivity contribution in [1.29, 1.82) is 0 Å². The van der Waals surface area contributed by atoms with E-state index in [-0.39, 0.29) is 5.97 Å². The molecule has 0 bridgehead atoms. The Morgan fingerprint density at radius 3 is 3.11 bits per heavy atom. The van der Waals surface area contributed by atoms with E-state index < -0.39 is 0 Å². The van der Waals surface area contributed by atoms with E-state index in [0.29, 0.717) is 13.2 Å². The molecule has 0 atom stereocenters. The number of rotatable bonds is 1. The van der Waals surface area contributed by atoms with Gasteiger partial charge in [0.25, 0.3) is 0 Å². The summed E-state index contributed by atoms with van der Waals surface area (Å²) < 4.78 is 0. The van der Waals surface area contributed by atoms with E-state index in [0.717, 1.165) is 0 Å². The fourth-order valence-electron chi connectivity index (χ4n) is 0.603. The summed E-state index contributed by atoms with van der Waals surface area (Å²) in [4.78, 5) is 18.8. The van der Waals surface area contributed by atoms with Crippen molar-refractivity contribution in [2.24, 2.45) is 4.99 Å². The van der Waals surface area contributed by atoms with Crippen LogP contribution in [0.25, 0.3) is 0 Å². The van der Waals surface area contributed by atoms with Gasteiger partial charge in [0.05, 0.1) is 6.54 Å². The third kappa shape index (κ3) is 1.81. The van der Waals surface area contributed by atoms with Crippen LogP contribution in [0.4, 0.5) is 0 Å². The molecule has 0 unspecified atom stereocenters. The lowest BCUT2D eigenvalue weighted by Gasteiger charge is -2.09. The number of hydroxylamine groups is 2. The zero-order valence-electron chi connectivity index (χ0n) is 5.20. The molecule has 1 aliphatic heterocycles. The van der Waals surface area contributed by atoms with Crippen LogP contribution in [0.5, 0.6) is 0 Å². The first-order chi connectivity index (χ1) is 4.29. The van der Waals surface area contributed by atoms with Gasteiger partial charge in [-0.05, 0) is 0 Å². The fraction of sp³-hybridized carbons (Fsp3) is 0.600. The number of carbonyl (C=O) groups excluding carboxylic acids is 1. The summed E-state index contributed by atoms with van der Waals surface area (Å²) in [5.41, 5.74) is 0. The van der Waals surface area contributed by atoms with E-state index in [9.17, 15) is 4.79 Å². The Morgan fingerprint density at radius 1 is 1.89 bits per heavy atom. The second kappa shape index (κ2) is 2.59. The number of carbonyl (C=O) groups is 1. The maximum atomic E-state index is 10.3. The number of hydrogen-bond acceptors (Lipinski definition) is 4. The highest BCUT2D eigenvalue weighted by Crippen LogP contribution is 1.94. The molecule has 0 spiro atoms. The summed E-state index contributed by atoms with van der Waals surface area (Å²) in [5.74, 6) is -0.291. The molecule has 0 aromatic carbocycles. The van der Waals surface area contributed by atoms with Gasteiger partial charge in [0.2, 0.25) is 0 Å². The van der Waals surface area contributed by atoms with Crippen LogP contribution in [0.3, 0.4) is 0 Å². The van der Waals surface area contributed by atoms with Gasteiger partial charge in [0.1, 0.15) is 6.67 Å². The van der Waals surface area contributed by atoms with Crippen LogP contribution in [-0.2, 0) is 9.63 Å². The first-order valence-electron chi connectivity index (χ1n) is 2.71. The molecule has 0 aromatic rings. The van der Waals surface area contributed by atoms with E-state index in [1.54, 1.807) is 6.21 Å². The standard InChI is InChI=1S/C5H8N2O2/c1-5(8)9-7-3-2-6-4-7/h2H,3-4H2,1H3. The smallest absolute Gasteiger partial charge is 0.322 e. The van der Waals surface area contributed by atoms with Crippen LogP contribution in [0, 0.1) is 0 Å². The molecule has 1 rings (SSSR count). The molecule has 4 heteroatoms. The summed E-state index contributed by atoms with van der Waals surface area (Å²) in [5, 5.41) is 1.49. The van der Waals surface area contributed by atoms with Gasteiger partial charge in [0.15, 0.2) is 0 Å². The Kier molecular flexibility index (Phi) is 1.79. The van der Waals surface area contributed by atoms with Gasteiger partial charge in [-0.25, -0.2) is 0 Å². The molecular weight excluding hydrogens is 120 g/mol. The van der Waals surface area contributed by atoms with Gasteiger partial charge in [-0.15, -0.1) is 5.06 Å². The molecule has 0 saturated carbocycles. The minimum atomic E-state index is -0.291. The summed E-state index contributed by atoms with van der Waals surface area (Å²) in [6.45, 7) is 2.46. The third-order valence-electron chi connectivity index (χ3n) is 0.911. The average molecular weight is 128 g/mol. The molecule has 0 aromatic heterocycles. The van der Waals surface area contributed by atoms with Crippen molar-refractivity contribution >= 4 is 12.2 Å². The van der Waals surface area contributed by atoms with Gasteiger partial charge in [-0.1, -0.05) is 0 Å². The lowest BCUT2D eigenvalue weighted by atomic mass is 10.7. The zero-order valence-corrected chi connectivity index (χ0v) is 5.20. The lowest BCUT2D eigenvalue weighted by molar-refractivity contribution is -0.181. The Hall–Kier alpha value is -0.900. The molecule has 1 heterocycles. The van der Waals surface area contributed by atoms with Crippen molar-refractivity contribution in [3.63, 3.8) is 0 Å². The molecule has 0 saturated heterocycles. The van der Waals surface area contributed by atoms with Gasteiger partial charge < -0.3 is 4.84 Å². The largest absolute Gasteiger partial charge is 0.366 e. The molecule has 0 radical (unpaired) electrons. The van der Waals surface area contributed by atoms with Crippen LogP contribution in [-0.4, -0.2) is 30.5 Å². The summed E-state index contributed by atoms with van der Waals surface area (Å²) in [6.07, 6.45) is 1.71. The Morgan fingerprint density at radius 2 is 2.67 bits per heavy atom. The average Bonchev–Trinajstić information content (AvgIpc) is 2.15.